The van der Waals surface area contributed by atoms with Crippen LogP contribution in [0.2, 0.25) is 0 Å². The van der Waals surface area contributed by atoms with Crippen molar-refractivity contribution in [2.24, 2.45) is 5.92 Å². The van der Waals surface area contributed by atoms with Crippen LogP contribution in [0.15, 0.2) is 54.8 Å². The molecule has 0 spiro atoms. The first-order valence-electron chi connectivity index (χ1n) is 17.9. The molecular weight excluding hydrogens is 719 g/mol. The monoisotopic (exact) mass is 767 g/mol. The molecular formula is C38H49N5O10S. The number of benzene rings is 1. The van der Waals surface area contributed by atoms with Crippen LogP contribution in [0.1, 0.15) is 73.1 Å². The number of alkyl carbamates (subject to hydrolysis) is 1. The number of carbonyl (C=O) groups is 5. The summed E-state index contributed by atoms with van der Waals surface area (Å²) >= 11 is 0. The van der Waals surface area contributed by atoms with E-state index in [2.05, 4.69) is 26.9 Å². The van der Waals surface area contributed by atoms with Crippen molar-refractivity contribution >= 4 is 50.4 Å². The van der Waals surface area contributed by atoms with Crippen LogP contribution < -0.4 is 24.8 Å². The number of amides is 4. The van der Waals surface area contributed by atoms with Crippen LogP contribution in [0, 0.1) is 5.92 Å². The van der Waals surface area contributed by atoms with E-state index in [0.29, 0.717) is 24.0 Å². The van der Waals surface area contributed by atoms with Crippen molar-refractivity contribution < 1.29 is 46.6 Å². The molecule has 2 aliphatic carbocycles. The second-order valence-electron chi connectivity index (χ2n) is 15.3. The number of nitrogens with one attached hydrogen (secondary N) is 3. The SMILES string of the molecule is C=C[C@@H]1C[C@]1(NC(=O)[C@@H]1CC(Oc2nccc3cc(OC)ccc23)CN1C(=O)[C@H](CCC(=O)C=C(C)C)NC(=O)OC(C)(C)C)C(=O)NS(=O)(=O)C1CC1. The van der Waals surface area contributed by atoms with Crippen molar-refractivity contribution in [3.05, 3.63) is 54.8 Å². The van der Waals surface area contributed by atoms with E-state index in [-0.39, 0.29) is 43.9 Å². The molecule has 54 heavy (non-hydrogen) atoms. The number of hydrogen-bond acceptors (Lipinski definition) is 11. The van der Waals surface area contributed by atoms with Gasteiger partial charge in [0, 0.05) is 30.3 Å². The summed E-state index contributed by atoms with van der Waals surface area (Å²) < 4.78 is 44.6. The van der Waals surface area contributed by atoms with Gasteiger partial charge in [0.05, 0.1) is 18.9 Å². The second-order valence-corrected chi connectivity index (χ2v) is 17.3. The Bertz CT molecular complexity index is 1970. The fourth-order valence-electron chi connectivity index (χ4n) is 6.49. The Morgan fingerprint density at radius 3 is 2.46 bits per heavy atom. The number of aromatic nitrogens is 1. The van der Waals surface area contributed by atoms with Crippen LogP contribution in [0.3, 0.4) is 0 Å². The van der Waals surface area contributed by atoms with E-state index in [1.54, 1.807) is 66.1 Å². The van der Waals surface area contributed by atoms with Crippen LogP contribution >= 0.6 is 0 Å². The summed E-state index contributed by atoms with van der Waals surface area (Å²) in [7, 11) is -2.38. The molecule has 15 nitrogen and oxygen atoms in total. The number of ketones is 1. The minimum Gasteiger partial charge on any atom is -0.497 e. The topological polar surface area (TPSA) is 199 Å². The first-order valence-corrected chi connectivity index (χ1v) is 19.5. The molecule has 16 heteroatoms. The van der Waals surface area contributed by atoms with Crippen molar-refractivity contribution in [3.63, 3.8) is 0 Å². The Kier molecular flexibility index (Phi) is 11.7. The quantitative estimate of drug-likeness (QED) is 0.177. The smallest absolute Gasteiger partial charge is 0.408 e. The first kappa shape index (κ1) is 40.2. The third-order valence-electron chi connectivity index (χ3n) is 9.43. The molecule has 1 unspecified atom stereocenters. The minimum atomic E-state index is -3.93. The van der Waals surface area contributed by atoms with E-state index in [0.717, 1.165) is 11.0 Å². The van der Waals surface area contributed by atoms with Crippen LogP contribution in [-0.2, 0) is 33.9 Å². The van der Waals surface area contributed by atoms with Gasteiger partial charge in [0.15, 0.2) is 5.78 Å². The predicted molar refractivity (Wildman–Crippen MR) is 199 cm³/mol. The number of fused-ring (bicyclic) bond motifs is 1. The molecule has 1 aromatic carbocycles. The number of methoxy groups -OCH3 is 1. The normalized spacial score (nSPS) is 22.7. The Balaban J connectivity index is 1.45. The van der Waals surface area contributed by atoms with E-state index in [1.807, 2.05) is 6.07 Å². The molecule has 1 saturated heterocycles. The molecule has 1 aliphatic heterocycles. The van der Waals surface area contributed by atoms with Crippen molar-refractivity contribution in [1.82, 2.24) is 25.2 Å². The highest BCUT2D eigenvalue weighted by Gasteiger charge is 2.62. The molecule has 5 atom stereocenters. The fraction of sp³-hybridized carbons (Fsp3) is 0.526. The third-order valence-corrected chi connectivity index (χ3v) is 11.2. The highest BCUT2D eigenvalue weighted by Crippen LogP contribution is 2.45. The maximum atomic E-state index is 14.5. The molecule has 0 radical (unpaired) electrons. The van der Waals surface area contributed by atoms with E-state index >= 15 is 0 Å². The zero-order chi connectivity index (χ0) is 39.6. The lowest BCUT2D eigenvalue weighted by molar-refractivity contribution is -0.141. The largest absolute Gasteiger partial charge is 0.497 e. The summed E-state index contributed by atoms with van der Waals surface area (Å²) in [6, 6.07) is 4.62. The van der Waals surface area contributed by atoms with E-state index in [4.69, 9.17) is 14.2 Å². The summed E-state index contributed by atoms with van der Waals surface area (Å²) in [4.78, 5) is 73.6. The summed E-state index contributed by atoms with van der Waals surface area (Å²) in [5.74, 6) is -2.24. The Morgan fingerprint density at radius 1 is 1.13 bits per heavy atom. The maximum absolute atomic E-state index is 14.5. The molecule has 5 rings (SSSR count). The zero-order valence-corrected chi connectivity index (χ0v) is 32.3. The number of allylic oxidation sites excluding steroid dienone is 2. The van der Waals surface area contributed by atoms with Gasteiger partial charge in [-0.3, -0.25) is 23.9 Å². The molecule has 292 valence electrons. The van der Waals surface area contributed by atoms with E-state index in [9.17, 15) is 32.4 Å². The Labute approximate surface area is 315 Å². The van der Waals surface area contributed by atoms with Crippen molar-refractivity contribution in [1.29, 1.82) is 0 Å². The van der Waals surface area contributed by atoms with Gasteiger partial charge < -0.3 is 29.7 Å². The second kappa shape index (κ2) is 15.8. The zero-order valence-electron chi connectivity index (χ0n) is 31.5. The van der Waals surface area contributed by atoms with Crippen LogP contribution in [-0.4, -0.2) is 96.1 Å². The molecule has 1 aromatic heterocycles. The maximum Gasteiger partial charge on any atom is 0.408 e. The fourth-order valence-corrected chi connectivity index (χ4v) is 7.85. The van der Waals surface area contributed by atoms with Crippen molar-refractivity contribution in [2.75, 3.05) is 13.7 Å². The lowest BCUT2D eigenvalue weighted by Crippen LogP contribution is -2.58. The average molecular weight is 768 g/mol. The summed E-state index contributed by atoms with van der Waals surface area (Å²) in [5.41, 5.74) is -1.73. The molecule has 0 bridgehead atoms. The number of rotatable bonds is 15. The van der Waals surface area contributed by atoms with Gasteiger partial charge in [-0.15, -0.1) is 6.58 Å². The molecule has 4 amide bonds. The third kappa shape index (κ3) is 9.56. The Morgan fingerprint density at radius 2 is 1.85 bits per heavy atom. The molecule has 3 fully saturated rings. The molecule has 3 N–H and O–H groups in total. The number of nitrogens with zero attached hydrogens (tertiary/aromatic N) is 2. The summed E-state index contributed by atoms with van der Waals surface area (Å²) in [6.45, 7) is 12.1. The van der Waals surface area contributed by atoms with Gasteiger partial charge in [-0.1, -0.05) is 11.6 Å². The van der Waals surface area contributed by atoms with Gasteiger partial charge in [-0.2, -0.15) is 0 Å². The lowest BCUT2D eigenvalue weighted by Gasteiger charge is -2.30. The molecule has 2 heterocycles. The van der Waals surface area contributed by atoms with Crippen molar-refractivity contribution in [2.45, 2.75) is 108 Å². The molecule has 2 aromatic rings. The van der Waals surface area contributed by atoms with Crippen molar-refractivity contribution in [3.8, 4) is 11.6 Å². The lowest BCUT2D eigenvalue weighted by atomic mass is 10.1. The van der Waals surface area contributed by atoms with Gasteiger partial charge in [0.1, 0.15) is 35.1 Å². The highest BCUT2D eigenvalue weighted by molar-refractivity contribution is 7.91. The van der Waals surface area contributed by atoms with E-state index < -0.39 is 74.3 Å². The van der Waals surface area contributed by atoms with Crippen LogP contribution in [0.4, 0.5) is 4.79 Å². The standard InChI is InChI=1S/C38H49N5O10S/c1-8-24-20-38(24,35(47)42-54(49,50)28-11-12-28)41-32(45)31-19-27(52-33-29-13-10-26(51-7)18-23(29)15-16-39-33)21-43(31)34(46)30(14-9-25(44)17-22(2)3)40-36(48)53-37(4,5)6/h8,10,13,15-18,24,27-28,30-31H,1,9,11-12,14,19-21H2,2-7H3,(H,40,48)(H,41,45)(H,42,47)/t24-,27?,30+,31+,38-/m1/s1. The Hall–Kier alpha value is -4.99. The number of ether oxygens (including phenoxy) is 3. The van der Waals surface area contributed by atoms with Crippen LogP contribution in [0.5, 0.6) is 11.6 Å². The first-order chi connectivity index (χ1) is 25.4. The minimum absolute atomic E-state index is 0.0432. The summed E-state index contributed by atoms with van der Waals surface area (Å²) in [5, 5.41) is 6.10. The van der Waals surface area contributed by atoms with Gasteiger partial charge in [0.25, 0.3) is 5.91 Å². The molecule has 3 aliphatic rings. The average Bonchev–Trinajstić information content (AvgIpc) is 4.02. The highest BCUT2D eigenvalue weighted by atomic mass is 32.2. The number of likely N-dealkylation sites (tertiary alicyclic amines) is 1. The van der Waals surface area contributed by atoms with Gasteiger partial charge in [-0.05, 0) is 96.0 Å². The van der Waals surface area contributed by atoms with Crippen LogP contribution in [0.25, 0.3) is 10.8 Å². The molecule has 2 saturated carbocycles. The number of pyridine rings is 1. The number of sulfonamides is 1. The van der Waals surface area contributed by atoms with E-state index in [1.165, 1.54) is 17.1 Å². The van der Waals surface area contributed by atoms with Gasteiger partial charge in [-0.25, -0.2) is 18.2 Å². The number of hydrogen-bond donors (Lipinski definition) is 3. The predicted octanol–water partition coefficient (Wildman–Crippen LogP) is 3.47. The summed E-state index contributed by atoms with van der Waals surface area (Å²) in [6.07, 6.45) is 3.53. The number of carbonyl (C=O) groups excluding carboxylic acids is 5. The van der Waals surface area contributed by atoms with Gasteiger partial charge >= 0.3 is 6.09 Å². The van der Waals surface area contributed by atoms with Gasteiger partial charge in [0.2, 0.25) is 27.7 Å².